The highest BCUT2D eigenvalue weighted by atomic mass is 16.6. The Balaban J connectivity index is 1.74. The van der Waals surface area contributed by atoms with E-state index >= 15 is 0 Å². The van der Waals surface area contributed by atoms with E-state index in [9.17, 15) is 24.8 Å². The molecule has 0 aromatic heterocycles. The van der Waals surface area contributed by atoms with Gasteiger partial charge in [-0.05, 0) is 30.2 Å². The molecule has 37 heavy (non-hydrogen) atoms. The Morgan fingerprint density at radius 2 is 1.81 bits per heavy atom. The van der Waals surface area contributed by atoms with Crippen LogP contribution in [0.2, 0.25) is 0 Å². The van der Waals surface area contributed by atoms with E-state index in [1.54, 1.807) is 18.2 Å². The van der Waals surface area contributed by atoms with Gasteiger partial charge in [0.25, 0.3) is 17.4 Å². The number of likely N-dealkylation sites (tertiary alicyclic amines) is 1. The van der Waals surface area contributed by atoms with E-state index in [2.05, 4.69) is 4.90 Å². The van der Waals surface area contributed by atoms with E-state index in [1.807, 2.05) is 0 Å². The van der Waals surface area contributed by atoms with Crippen molar-refractivity contribution in [2.45, 2.75) is 12.5 Å². The second-order valence-electron chi connectivity index (χ2n) is 8.72. The largest absolute Gasteiger partial charge is 0.507 e. The van der Waals surface area contributed by atoms with E-state index in [0.717, 1.165) is 13.1 Å². The monoisotopic (exact) mass is 511 g/mol. The van der Waals surface area contributed by atoms with Crippen LogP contribution in [0.25, 0.3) is 5.76 Å². The summed E-state index contributed by atoms with van der Waals surface area (Å²) in [6, 6.07) is 9.41. The van der Waals surface area contributed by atoms with Gasteiger partial charge >= 0.3 is 0 Å². The van der Waals surface area contributed by atoms with Gasteiger partial charge in [0.1, 0.15) is 5.76 Å². The summed E-state index contributed by atoms with van der Waals surface area (Å²) < 4.78 is 15.9. The second kappa shape index (κ2) is 11.4. The highest BCUT2D eigenvalue weighted by molar-refractivity contribution is 6.46. The molecule has 2 aliphatic heterocycles. The van der Waals surface area contributed by atoms with Crippen molar-refractivity contribution in [2.24, 2.45) is 0 Å². The van der Waals surface area contributed by atoms with Gasteiger partial charge in [-0.15, -0.1) is 0 Å². The summed E-state index contributed by atoms with van der Waals surface area (Å²) in [6.07, 6.45) is 0.578. The molecule has 1 atom stereocenters. The maximum Gasteiger partial charge on any atom is 0.295 e. The maximum absolute atomic E-state index is 13.2. The number of ether oxygens (including phenoxy) is 3. The van der Waals surface area contributed by atoms with Gasteiger partial charge in [-0.3, -0.25) is 24.6 Å². The average Bonchev–Trinajstić information content (AvgIpc) is 3.18. The number of carbonyl (C=O) groups excluding carboxylic acids is 2. The molecule has 2 aromatic carbocycles. The first-order valence-electron chi connectivity index (χ1n) is 11.9. The Kier molecular flexibility index (Phi) is 8.04. The standard InChI is InChI=1S/C26H29N3O8/c1-35-20-8-7-18(16-21(20)36-2)24(30)22-23(17-5-3-6-19(15-17)29(33)34)28(26(32)25(22)31)10-4-9-27-11-13-37-14-12-27/h3,5-8,15-16,23,30H,4,9-14H2,1-2H3/b24-22+/t23-/m1/s1. The molecule has 2 fully saturated rings. The maximum atomic E-state index is 13.2. The SMILES string of the molecule is COc1ccc(/C(O)=C2\C(=O)C(=O)N(CCCN3CCOCC3)[C@@H]2c2cccc([N+](=O)[O-])c2)cc1OC. The third kappa shape index (κ3) is 5.42. The van der Waals surface area contributed by atoms with Crippen molar-refractivity contribution in [3.63, 3.8) is 0 Å². The lowest BCUT2D eigenvalue weighted by molar-refractivity contribution is -0.384. The Hall–Kier alpha value is -3.96. The molecule has 2 aromatic rings. The second-order valence-corrected chi connectivity index (χ2v) is 8.72. The highest BCUT2D eigenvalue weighted by Gasteiger charge is 2.46. The first kappa shape index (κ1) is 26.1. The zero-order valence-corrected chi connectivity index (χ0v) is 20.7. The Morgan fingerprint density at radius 3 is 2.49 bits per heavy atom. The molecule has 1 N–H and O–H groups in total. The summed E-state index contributed by atoms with van der Waals surface area (Å²) in [5, 5.41) is 22.7. The third-order valence-corrected chi connectivity index (χ3v) is 6.57. The number of aliphatic hydroxyl groups excluding tert-OH is 1. The summed E-state index contributed by atoms with van der Waals surface area (Å²) in [5.41, 5.74) is 0.299. The number of Topliss-reactive ketones (excluding diaryl/α,β-unsaturated/α-hetero) is 1. The molecule has 0 saturated carbocycles. The smallest absolute Gasteiger partial charge is 0.295 e. The molecule has 11 nitrogen and oxygen atoms in total. The summed E-state index contributed by atoms with van der Waals surface area (Å²) in [6.45, 7) is 3.79. The Bertz CT molecular complexity index is 1220. The van der Waals surface area contributed by atoms with Gasteiger partial charge in [-0.1, -0.05) is 12.1 Å². The van der Waals surface area contributed by atoms with Crippen molar-refractivity contribution in [3.8, 4) is 11.5 Å². The average molecular weight is 512 g/mol. The summed E-state index contributed by atoms with van der Waals surface area (Å²) in [5.74, 6) is -1.25. The molecule has 0 unspecified atom stereocenters. The number of rotatable bonds is 9. The minimum atomic E-state index is -0.988. The van der Waals surface area contributed by atoms with Gasteiger partial charge in [0.2, 0.25) is 0 Å². The number of hydrogen-bond donors (Lipinski definition) is 1. The zero-order valence-electron chi connectivity index (χ0n) is 20.7. The van der Waals surface area contributed by atoms with Crippen LogP contribution in [0.3, 0.4) is 0 Å². The van der Waals surface area contributed by atoms with Crippen molar-refractivity contribution in [2.75, 3.05) is 53.6 Å². The molecule has 4 rings (SSSR count). The summed E-state index contributed by atoms with van der Waals surface area (Å²) in [4.78, 5) is 40.9. The van der Waals surface area contributed by atoms with Gasteiger partial charge in [0.15, 0.2) is 11.5 Å². The first-order chi connectivity index (χ1) is 17.8. The quantitative estimate of drug-likeness (QED) is 0.177. The van der Waals surface area contributed by atoms with E-state index in [0.29, 0.717) is 43.2 Å². The predicted octanol–water partition coefficient (Wildman–Crippen LogP) is 2.76. The lowest BCUT2D eigenvalue weighted by Crippen LogP contribution is -2.39. The van der Waals surface area contributed by atoms with E-state index in [1.165, 1.54) is 43.4 Å². The minimum Gasteiger partial charge on any atom is -0.507 e. The van der Waals surface area contributed by atoms with Crippen LogP contribution in [-0.4, -0.2) is 85.1 Å². The fraction of sp³-hybridized carbons (Fsp3) is 0.385. The van der Waals surface area contributed by atoms with Crippen LogP contribution in [0.1, 0.15) is 23.6 Å². The first-order valence-corrected chi connectivity index (χ1v) is 11.9. The number of morpholine rings is 1. The Labute approximate surface area is 214 Å². The van der Waals surface area contributed by atoms with Crippen molar-refractivity contribution >= 4 is 23.1 Å². The van der Waals surface area contributed by atoms with Gasteiger partial charge in [0, 0.05) is 43.9 Å². The number of carbonyl (C=O) groups is 2. The van der Waals surface area contributed by atoms with Gasteiger partial charge < -0.3 is 24.2 Å². The highest BCUT2D eigenvalue weighted by Crippen LogP contribution is 2.41. The van der Waals surface area contributed by atoms with Crippen molar-refractivity contribution < 1.29 is 33.8 Å². The molecule has 2 heterocycles. The number of hydrogen-bond acceptors (Lipinski definition) is 9. The fourth-order valence-electron chi connectivity index (χ4n) is 4.69. The van der Waals surface area contributed by atoms with Gasteiger partial charge in [0.05, 0.1) is 44.0 Å². The predicted molar refractivity (Wildman–Crippen MR) is 134 cm³/mol. The molecule has 0 radical (unpaired) electrons. The number of aliphatic hydroxyl groups is 1. The molecule has 11 heteroatoms. The van der Waals surface area contributed by atoms with Crippen LogP contribution in [0, 0.1) is 10.1 Å². The van der Waals surface area contributed by atoms with Crippen molar-refractivity contribution in [3.05, 3.63) is 69.3 Å². The van der Waals surface area contributed by atoms with E-state index < -0.39 is 28.4 Å². The van der Waals surface area contributed by atoms with Crippen LogP contribution in [-0.2, 0) is 14.3 Å². The van der Waals surface area contributed by atoms with Crippen molar-refractivity contribution in [1.82, 2.24) is 9.80 Å². The molecule has 196 valence electrons. The number of non-ortho nitro benzene ring substituents is 1. The molecule has 2 saturated heterocycles. The van der Waals surface area contributed by atoms with Crippen molar-refractivity contribution in [1.29, 1.82) is 0 Å². The lowest BCUT2D eigenvalue weighted by Gasteiger charge is -2.29. The van der Waals surface area contributed by atoms with E-state index in [4.69, 9.17) is 14.2 Å². The number of amides is 1. The number of nitrogens with zero attached hydrogens (tertiary/aromatic N) is 3. The molecular weight excluding hydrogens is 482 g/mol. The number of nitro benzene ring substituents is 1. The molecule has 0 spiro atoms. The lowest BCUT2D eigenvalue weighted by atomic mass is 9.94. The van der Waals surface area contributed by atoms with Crippen LogP contribution in [0.5, 0.6) is 11.5 Å². The fourth-order valence-corrected chi connectivity index (χ4v) is 4.69. The molecule has 2 aliphatic rings. The van der Waals surface area contributed by atoms with Crippen LogP contribution < -0.4 is 9.47 Å². The topological polar surface area (TPSA) is 132 Å². The summed E-state index contributed by atoms with van der Waals surface area (Å²) in [7, 11) is 2.92. The molecule has 0 aliphatic carbocycles. The number of ketones is 1. The molecular formula is C26H29N3O8. The summed E-state index contributed by atoms with van der Waals surface area (Å²) >= 11 is 0. The Morgan fingerprint density at radius 1 is 1.08 bits per heavy atom. The van der Waals surface area contributed by atoms with Gasteiger partial charge in [-0.2, -0.15) is 0 Å². The molecule has 1 amide bonds. The minimum absolute atomic E-state index is 0.135. The van der Waals surface area contributed by atoms with Crippen LogP contribution in [0.4, 0.5) is 5.69 Å². The van der Waals surface area contributed by atoms with Gasteiger partial charge in [-0.25, -0.2) is 0 Å². The zero-order chi connectivity index (χ0) is 26.5. The number of methoxy groups -OCH3 is 2. The van der Waals surface area contributed by atoms with E-state index in [-0.39, 0.29) is 23.4 Å². The molecule has 0 bridgehead atoms. The van der Waals surface area contributed by atoms with Crippen LogP contribution in [0.15, 0.2) is 48.0 Å². The third-order valence-electron chi connectivity index (χ3n) is 6.57. The number of nitro groups is 1. The van der Waals surface area contributed by atoms with Crippen LogP contribution >= 0.6 is 0 Å². The number of benzene rings is 2. The normalized spacial score (nSPS) is 19.7.